The molecule has 0 unspecified atom stereocenters. The van der Waals surface area contributed by atoms with Gasteiger partial charge in [0.05, 0.1) is 17.3 Å². The number of aromatic carboxylic acids is 1. The van der Waals surface area contributed by atoms with Crippen LogP contribution in [0, 0.1) is 12.7 Å². The molecule has 2 rings (SSSR count). The van der Waals surface area contributed by atoms with Gasteiger partial charge >= 0.3 is 5.97 Å². The number of carboxylic acid groups (broad SMARTS) is 1. The number of rotatable bonds is 4. The highest BCUT2D eigenvalue weighted by Crippen LogP contribution is 2.23. The standard InChI is InChI=1S/C13H11ClFNO3/c1-7-4-9(19-12(7)13(17)18)6-16-11-5-8(15)2-3-10(11)14/h2-5,16H,6H2,1H3,(H,17,18). The molecule has 2 N–H and O–H groups in total. The second-order valence-electron chi connectivity index (χ2n) is 4.01. The predicted octanol–water partition coefficient (Wildman–Crippen LogP) is 3.69. The molecule has 0 saturated carbocycles. The summed E-state index contributed by atoms with van der Waals surface area (Å²) >= 11 is 5.90. The van der Waals surface area contributed by atoms with E-state index in [-0.39, 0.29) is 12.3 Å². The molecular weight excluding hydrogens is 273 g/mol. The van der Waals surface area contributed by atoms with Crippen LogP contribution in [-0.2, 0) is 6.54 Å². The van der Waals surface area contributed by atoms with Crippen LogP contribution in [0.25, 0.3) is 0 Å². The van der Waals surface area contributed by atoms with Crippen LogP contribution >= 0.6 is 11.6 Å². The molecule has 19 heavy (non-hydrogen) atoms. The van der Waals surface area contributed by atoms with E-state index in [9.17, 15) is 9.18 Å². The smallest absolute Gasteiger partial charge is 0.372 e. The molecule has 0 amide bonds. The maximum atomic E-state index is 13.0. The van der Waals surface area contributed by atoms with Crippen LogP contribution in [0.5, 0.6) is 0 Å². The van der Waals surface area contributed by atoms with Gasteiger partial charge in [0, 0.05) is 5.56 Å². The minimum absolute atomic E-state index is 0.0952. The highest BCUT2D eigenvalue weighted by molar-refractivity contribution is 6.33. The number of hydrogen-bond donors (Lipinski definition) is 2. The highest BCUT2D eigenvalue weighted by Gasteiger charge is 2.14. The summed E-state index contributed by atoms with van der Waals surface area (Å²) in [4.78, 5) is 10.8. The van der Waals surface area contributed by atoms with Crippen LogP contribution in [0.2, 0.25) is 5.02 Å². The zero-order valence-electron chi connectivity index (χ0n) is 10.0. The molecule has 1 heterocycles. The first-order valence-corrected chi connectivity index (χ1v) is 5.86. The van der Waals surface area contributed by atoms with E-state index in [0.717, 1.165) is 0 Å². The molecular formula is C13H11ClFNO3. The average molecular weight is 284 g/mol. The van der Waals surface area contributed by atoms with Crippen molar-refractivity contribution < 1.29 is 18.7 Å². The normalized spacial score (nSPS) is 10.5. The van der Waals surface area contributed by atoms with E-state index in [1.54, 1.807) is 13.0 Å². The van der Waals surface area contributed by atoms with Gasteiger partial charge in [0.15, 0.2) is 0 Å². The summed E-state index contributed by atoms with van der Waals surface area (Å²) in [5.74, 6) is -1.18. The van der Waals surface area contributed by atoms with Crippen molar-refractivity contribution in [1.29, 1.82) is 0 Å². The van der Waals surface area contributed by atoms with Gasteiger partial charge < -0.3 is 14.8 Å². The Labute approximate surface area is 113 Å². The van der Waals surface area contributed by atoms with Crippen LogP contribution in [-0.4, -0.2) is 11.1 Å². The highest BCUT2D eigenvalue weighted by atomic mass is 35.5. The van der Waals surface area contributed by atoms with Crippen LogP contribution in [0.1, 0.15) is 21.9 Å². The van der Waals surface area contributed by atoms with E-state index in [1.165, 1.54) is 18.2 Å². The minimum atomic E-state index is -1.12. The van der Waals surface area contributed by atoms with E-state index in [0.29, 0.717) is 22.0 Å². The first kappa shape index (κ1) is 13.4. The Morgan fingerprint density at radius 1 is 1.47 bits per heavy atom. The monoisotopic (exact) mass is 283 g/mol. The van der Waals surface area contributed by atoms with Gasteiger partial charge in [-0.1, -0.05) is 11.6 Å². The molecule has 0 spiro atoms. The topological polar surface area (TPSA) is 62.5 Å². The van der Waals surface area contributed by atoms with E-state index < -0.39 is 11.8 Å². The SMILES string of the molecule is Cc1cc(CNc2cc(F)ccc2Cl)oc1C(=O)O. The predicted molar refractivity (Wildman–Crippen MR) is 69.1 cm³/mol. The second-order valence-corrected chi connectivity index (χ2v) is 4.41. The van der Waals surface area contributed by atoms with Crippen LogP contribution in [0.4, 0.5) is 10.1 Å². The van der Waals surface area contributed by atoms with Crippen molar-refractivity contribution in [3.05, 3.63) is 52.2 Å². The van der Waals surface area contributed by atoms with Crippen molar-refractivity contribution in [3.63, 3.8) is 0 Å². The summed E-state index contributed by atoms with van der Waals surface area (Å²) in [5, 5.41) is 12.1. The van der Waals surface area contributed by atoms with E-state index >= 15 is 0 Å². The molecule has 0 radical (unpaired) electrons. The van der Waals surface area contributed by atoms with Crippen molar-refractivity contribution in [2.75, 3.05) is 5.32 Å². The molecule has 1 aromatic carbocycles. The first-order chi connectivity index (χ1) is 8.97. The summed E-state index contributed by atoms with van der Waals surface area (Å²) in [7, 11) is 0. The Bertz CT molecular complexity index is 624. The van der Waals surface area contributed by atoms with Gasteiger partial charge in [-0.15, -0.1) is 0 Å². The Morgan fingerprint density at radius 2 is 2.21 bits per heavy atom. The molecule has 1 aromatic heterocycles. The lowest BCUT2D eigenvalue weighted by molar-refractivity contribution is 0.0659. The zero-order chi connectivity index (χ0) is 14.0. The van der Waals surface area contributed by atoms with Crippen molar-refractivity contribution in [1.82, 2.24) is 0 Å². The van der Waals surface area contributed by atoms with Gasteiger partial charge in [0.1, 0.15) is 11.6 Å². The van der Waals surface area contributed by atoms with Gasteiger partial charge in [0.25, 0.3) is 0 Å². The lowest BCUT2D eigenvalue weighted by Crippen LogP contribution is -1.99. The summed E-state index contributed by atoms with van der Waals surface area (Å²) in [6, 6.07) is 5.57. The Morgan fingerprint density at radius 3 is 2.84 bits per heavy atom. The fourth-order valence-corrected chi connectivity index (χ4v) is 1.85. The molecule has 0 aliphatic rings. The molecule has 4 nitrogen and oxygen atoms in total. The molecule has 0 atom stereocenters. The fraction of sp³-hybridized carbons (Fsp3) is 0.154. The van der Waals surface area contributed by atoms with E-state index in [4.69, 9.17) is 21.1 Å². The molecule has 100 valence electrons. The van der Waals surface area contributed by atoms with Gasteiger partial charge in [-0.3, -0.25) is 0 Å². The number of carboxylic acids is 1. The molecule has 2 aromatic rings. The van der Waals surface area contributed by atoms with Crippen molar-refractivity contribution in [3.8, 4) is 0 Å². The third kappa shape index (κ3) is 3.06. The van der Waals surface area contributed by atoms with Gasteiger partial charge in [0.2, 0.25) is 5.76 Å². The van der Waals surface area contributed by atoms with Gasteiger partial charge in [-0.05, 0) is 31.2 Å². The Hall–Kier alpha value is -2.01. The quantitative estimate of drug-likeness (QED) is 0.898. The Kier molecular flexibility index (Phi) is 3.76. The largest absolute Gasteiger partial charge is 0.475 e. The zero-order valence-corrected chi connectivity index (χ0v) is 10.8. The molecule has 6 heteroatoms. The maximum absolute atomic E-state index is 13.0. The lowest BCUT2D eigenvalue weighted by Gasteiger charge is -2.06. The summed E-state index contributed by atoms with van der Waals surface area (Å²) < 4.78 is 18.2. The summed E-state index contributed by atoms with van der Waals surface area (Å²) in [5.41, 5.74) is 0.960. The fourth-order valence-electron chi connectivity index (χ4n) is 1.66. The number of nitrogens with one attached hydrogen (secondary N) is 1. The summed E-state index contributed by atoms with van der Waals surface area (Å²) in [6.45, 7) is 1.86. The van der Waals surface area contributed by atoms with E-state index in [2.05, 4.69) is 5.32 Å². The van der Waals surface area contributed by atoms with Crippen LogP contribution < -0.4 is 5.32 Å². The molecule has 0 aliphatic heterocycles. The van der Waals surface area contributed by atoms with Gasteiger partial charge in [-0.2, -0.15) is 0 Å². The third-order valence-corrected chi connectivity index (χ3v) is 2.87. The number of carbonyl (C=O) groups is 1. The van der Waals surface area contributed by atoms with Crippen LogP contribution in [0.3, 0.4) is 0 Å². The van der Waals surface area contributed by atoms with E-state index in [1.807, 2.05) is 0 Å². The van der Waals surface area contributed by atoms with Crippen molar-refractivity contribution in [2.45, 2.75) is 13.5 Å². The number of hydrogen-bond acceptors (Lipinski definition) is 3. The number of aryl methyl sites for hydroxylation is 1. The number of furan rings is 1. The first-order valence-electron chi connectivity index (χ1n) is 5.49. The van der Waals surface area contributed by atoms with Gasteiger partial charge in [-0.25, -0.2) is 9.18 Å². The molecule has 0 fully saturated rings. The van der Waals surface area contributed by atoms with Crippen LogP contribution in [0.15, 0.2) is 28.7 Å². The lowest BCUT2D eigenvalue weighted by atomic mass is 10.2. The molecule has 0 aliphatic carbocycles. The van der Waals surface area contributed by atoms with Crippen molar-refractivity contribution in [2.24, 2.45) is 0 Å². The number of anilines is 1. The number of benzene rings is 1. The summed E-state index contributed by atoms with van der Waals surface area (Å²) in [6.07, 6.45) is 0. The molecule has 0 saturated heterocycles. The second kappa shape index (κ2) is 5.32. The maximum Gasteiger partial charge on any atom is 0.372 e. The molecule has 0 bridgehead atoms. The minimum Gasteiger partial charge on any atom is -0.475 e. The third-order valence-electron chi connectivity index (χ3n) is 2.54. The Balaban J connectivity index is 2.12. The number of halogens is 2. The van der Waals surface area contributed by atoms with Crippen molar-refractivity contribution >= 4 is 23.3 Å². The average Bonchev–Trinajstić information content (AvgIpc) is 2.72.